The van der Waals surface area contributed by atoms with Crippen LogP contribution in [0.2, 0.25) is 0 Å². The second-order valence-electron chi connectivity index (χ2n) is 2.93. The van der Waals surface area contributed by atoms with Gasteiger partial charge in [0.15, 0.2) is 6.04 Å². The van der Waals surface area contributed by atoms with Crippen LogP contribution >= 0.6 is 0 Å². The molecule has 1 unspecified atom stereocenters. The van der Waals surface area contributed by atoms with E-state index in [1.54, 1.807) is 14.0 Å². The number of hydrogen-bond donors (Lipinski definition) is 1. The number of rotatable bonds is 3. The molecule has 0 aliphatic heterocycles. The number of halogens is 3. The minimum absolute atomic E-state index is 0.0145. The largest absolute Gasteiger partial charge is 0.410 e. The van der Waals surface area contributed by atoms with Gasteiger partial charge in [0.25, 0.3) is 0 Å². The van der Waals surface area contributed by atoms with Gasteiger partial charge in [0, 0.05) is 19.4 Å². The Morgan fingerprint density at radius 1 is 1.57 bits per heavy atom. The maximum atomic E-state index is 12.5. The maximum absolute atomic E-state index is 12.5. The van der Waals surface area contributed by atoms with E-state index in [4.69, 9.17) is 0 Å². The van der Waals surface area contributed by atoms with E-state index in [1.807, 2.05) is 0 Å². The zero-order valence-electron chi connectivity index (χ0n) is 7.97. The van der Waals surface area contributed by atoms with Gasteiger partial charge < -0.3 is 9.88 Å². The van der Waals surface area contributed by atoms with Crippen molar-refractivity contribution in [2.75, 3.05) is 6.54 Å². The molecule has 0 spiro atoms. The summed E-state index contributed by atoms with van der Waals surface area (Å²) < 4.78 is 39.0. The minimum atomic E-state index is -4.31. The molecule has 1 aromatic rings. The summed E-state index contributed by atoms with van der Waals surface area (Å²) >= 11 is 0. The molecule has 1 aromatic heterocycles. The average molecular weight is 207 g/mol. The van der Waals surface area contributed by atoms with Crippen molar-refractivity contribution >= 4 is 0 Å². The minimum Gasteiger partial charge on any atom is -0.336 e. The first-order valence-corrected chi connectivity index (χ1v) is 4.24. The van der Waals surface area contributed by atoms with Gasteiger partial charge in [0.1, 0.15) is 5.82 Å². The number of aromatic nitrogens is 2. The summed E-state index contributed by atoms with van der Waals surface area (Å²) in [6.07, 6.45) is -1.47. The van der Waals surface area contributed by atoms with Gasteiger partial charge in [-0.15, -0.1) is 0 Å². The average Bonchev–Trinajstić information content (AvgIpc) is 2.45. The van der Waals surface area contributed by atoms with Gasteiger partial charge in [-0.25, -0.2) is 4.98 Å². The predicted molar refractivity (Wildman–Crippen MR) is 45.7 cm³/mol. The number of imidazole rings is 1. The van der Waals surface area contributed by atoms with Crippen LogP contribution in [0.25, 0.3) is 0 Å². The monoisotopic (exact) mass is 207 g/mol. The van der Waals surface area contributed by atoms with Crippen LogP contribution in [0.5, 0.6) is 0 Å². The van der Waals surface area contributed by atoms with Crippen LogP contribution in [-0.2, 0) is 7.05 Å². The second-order valence-corrected chi connectivity index (χ2v) is 2.93. The molecule has 0 amide bonds. The van der Waals surface area contributed by atoms with Gasteiger partial charge in [0.2, 0.25) is 0 Å². The third-order valence-corrected chi connectivity index (χ3v) is 1.85. The first-order valence-electron chi connectivity index (χ1n) is 4.24. The number of nitrogens with zero attached hydrogens (tertiary/aromatic N) is 2. The fraction of sp³-hybridized carbons (Fsp3) is 0.625. The summed E-state index contributed by atoms with van der Waals surface area (Å²) in [6.45, 7) is 1.87. The zero-order valence-corrected chi connectivity index (χ0v) is 7.97. The molecule has 1 N–H and O–H groups in total. The highest BCUT2D eigenvalue weighted by Crippen LogP contribution is 2.31. The Morgan fingerprint density at radius 3 is 2.57 bits per heavy atom. The molecular formula is C8H12F3N3. The van der Waals surface area contributed by atoms with Crippen LogP contribution in [0.4, 0.5) is 13.2 Å². The summed E-state index contributed by atoms with van der Waals surface area (Å²) in [5.74, 6) is -0.0145. The van der Waals surface area contributed by atoms with E-state index in [2.05, 4.69) is 10.3 Å². The Labute approximate surface area is 79.9 Å². The molecule has 0 saturated heterocycles. The fourth-order valence-electron chi connectivity index (χ4n) is 1.21. The van der Waals surface area contributed by atoms with Crippen molar-refractivity contribution in [2.24, 2.45) is 7.05 Å². The topological polar surface area (TPSA) is 29.9 Å². The molecule has 0 aliphatic carbocycles. The van der Waals surface area contributed by atoms with E-state index in [9.17, 15) is 13.2 Å². The lowest BCUT2D eigenvalue weighted by Gasteiger charge is -2.20. The standard InChI is InChI=1S/C8H12F3N3/c1-3-12-6(8(9,10)11)7-13-4-5-14(7)2/h4-6,12H,3H2,1-2H3. The Morgan fingerprint density at radius 2 is 2.21 bits per heavy atom. The molecule has 0 saturated carbocycles. The van der Waals surface area contributed by atoms with Crippen molar-refractivity contribution in [1.29, 1.82) is 0 Å². The molecule has 14 heavy (non-hydrogen) atoms. The second kappa shape index (κ2) is 4.00. The van der Waals surface area contributed by atoms with Gasteiger partial charge in [-0.1, -0.05) is 6.92 Å². The third kappa shape index (κ3) is 2.25. The molecule has 1 heterocycles. The first-order chi connectivity index (χ1) is 6.46. The molecule has 1 atom stereocenters. The highest BCUT2D eigenvalue weighted by molar-refractivity contribution is 5.01. The van der Waals surface area contributed by atoms with Crippen LogP contribution in [0.3, 0.4) is 0 Å². The first kappa shape index (κ1) is 11.0. The molecule has 0 aromatic carbocycles. The van der Waals surface area contributed by atoms with Gasteiger partial charge in [0.05, 0.1) is 0 Å². The lowest BCUT2D eigenvalue weighted by atomic mass is 10.2. The van der Waals surface area contributed by atoms with E-state index in [-0.39, 0.29) is 12.4 Å². The van der Waals surface area contributed by atoms with Gasteiger partial charge in [-0.05, 0) is 6.54 Å². The lowest BCUT2D eigenvalue weighted by Crippen LogP contribution is -2.35. The van der Waals surface area contributed by atoms with Crippen molar-refractivity contribution in [3.8, 4) is 0 Å². The van der Waals surface area contributed by atoms with Gasteiger partial charge >= 0.3 is 6.18 Å². The molecule has 0 radical (unpaired) electrons. The fourth-order valence-corrected chi connectivity index (χ4v) is 1.21. The quantitative estimate of drug-likeness (QED) is 0.816. The van der Waals surface area contributed by atoms with Crippen LogP contribution in [0.1, 0.15) is 18.8 Å². The Balaban J connectivity index is 2.95. The predicted octanol–water partition coefficient (Wildman–Crippen LogP) is 1.63. The summed E-state index contributed by atoms with van der Waals surface area (Å²) in [4.78, 5) is 3.68. The summed E-state index contributed by atoms with van der Waals surface area (Å²) in [5.41, 5.74) is 0. The van der Waals surface area contributed by atoms with E-state index in [0.717, 1.165) is 0 Å². The van der Waals surface area contributed by atoms with E-state index < -0.39 is 12.2 Å². The van der Waals surface area contributed by atoms with Crippen LogP contribution < -0.4 is 5.32 Å². The van der Waals surface area contributed by atoms with Crippen molar-refractivity contribution in [3.63, 3.8) is 0 Å². The van der Waals surface area contributed by atoms with E-state index in [0.29, 0.717) is 0 Å². The Kier molecular flexibility index (Phi) is 3.15. The Hall–Kier alpha value is -1.04. The number of nitrogens with one attached hydrogen (secondary N) is 1. The van der Waals surface area contributed by atoms with Crippen molar-refractivity contribution < 1.29 is 13.2 Å². The smallest absolute Gasteiger partial charge is 0.336 e. The van der Waals surface area contributed by atoms with Crippen LogP contribution in [0.15, 0.2) is 12.4 Å². The van der Waals surface area contributed by atoms with Gasteiger partial charge in [-0.2, -0.15) is 13.2 Å². The zero-order chi connectivity index (χ0) is 10.8. The number of aryl methyl sites for hydroxylation is 1. The lowest BCUT2D eigenvalue weighted by molar-refractivity contribution is -0.159. The SMILES string of the molecule is CCNC(c1nccn1C)C(F)(F)F. The third-order valence-electron chi connectivity index (χ3n) is 1.85. The van der Waals surface area contributed by atoms with E-state index >= 15 is 0 Å². The van der Waals surface area contributed by atoms with Crippen molar-refractivity contribution in [2.45, 2.75) is 19.1 Å². The summed E-state index contributed by atoms with van der Waals surface area (Å²) in [6, 6.07) is -1.69. The molecule has 0 bridgehead atoms. The van der Waals surface area contributed by atoms with Crippen LogP contribution in [0, 0.1) is 0 Å². The number of hydrogen-bond acceptors (Lipinski definition) is 2. The maximum Gasteiger partial charge on any atom is 0.410 e. The normalized spacial score (nSPS) is 14.4. The van der Waals surface area contributed by atoms with E-state index in [1.165, 1.54) is 17.0 Å². The molecule has 1 rings (SSSR count). The molecular weight excluding hydrogens is 195 g/mol. The number of alkyl halides is 3. The molecule has 80 valence electrons. The Bertz CT molecular complexity index is 292. The highest BCUT2D eigenvalue weighted by atomic mass is 19.4. The molecule has 0 fully saturated rings. The highest BCUT2D eigenvalue weighted by Gasteiger charge is 2.42. The molecule has 6 heteroatoms. The molecule has 0 aliphatic rings. The summed E-state index contributed by atoms with van der Waals surface area (Å²) in [7, 11) is 1.54. The van der Waals surface area contributed by atoms with Gasteiger partial charge in [-0.3, -0.25) is 0 Å². The van der Waals surface area contributed by atoms with Crippen molar-refractivity contribution in [3.05, 3.63) is 18.2 Å². The van der Waals surface area contributed by atoms with Crippen LogP contribution in [-0.4, -0.2) is 22.3 Å². The molecule has 3 nitrogen and oxygen atoms in total. The van der Waals surface area contributed by atoms with Crippen molar-refractivity contribution in [1.82, 2.24) is 14.9 Å². The summed E-state index contributed by atoms with van der Waals surface area (Å²) in [5, 5.41) is 2.36.